The van der Waals surface area contributed by atoms with Crippen LogP contribution in [0.4, 0.5) is 5.82 Å². The lowest BCUT2D eigenvalue weighted by molar-refractivity contribution is -0.685. The number of hydrogen-bond donors (Lipinski definition) is 2. The van der Waals surface area contributed by atoms with E-state index in [1.54, 1.807) is 17.6 Å². The van der Waals surface area contributed by atoms with Crippen LogP contribution in [0.3, 0.4) is 0 Å². The average Bonchev–Trinajstić information content (AvgIpc) is 2.61. The van der Waals surface area contributed by atoms with Crippen molar-refractivity contribution in [3.8, 4) is 0 Å². The van der Waals surface area contributed by atoms with Gasteiger partial charge in [0.15, 0.2) is 11.7 Å². The van der Waals surface area contributed by atoms with Crippen LogP contribution in [0.25, 0.3) is 0 Å². The lowest BCUT2D eigenvalue weighted by atomic mass is 10.3. The second-order valence-corrected chi connectivity index (χ2v) is 5.24. The van der Waals surface area contributed by atoms with Crippen molar-refractivity contribution in [1.29, 1.82) is 0 Å². The van der Waals surface area contributed by atoms with E-state index in [1.165, 1.54) is 0 Å². The number of allylic oxidation sites excluding steroid dienone is 1. The summed E-state index contributed by atoms with van der Waals surface area (Å²) in [6.07, 6.45) is 6.54. The Morgan fingerprint density at radius 1 is 1.24 bits per heavy atom. The minimum atomic E-state index is 0.0267. The van der Waals surface area contributed by atoms with Crippen molar-refractivity contribution in [2.24, 2.45) is 20.4 Å². The second-order valence-electron chi connectivity index (χ2n) is 5.24. The van der Waals surface area contributed by atoms with Gasteiger partial charge in [-0.1, -0.05) is 19.1 Å². The van der Waals surface area contributed by atoms with E-state index < -0.39 is 0 Å². The van der Waals surface area contributed by atoms with Gasteiger partial charge in [-0.25, -0.2) is 4.57 Å². The summed E-state index contributed by atoms with van der Waals surface area (Å²) in [5.74, 6) is 1.67. The molecule has 2 N–H and O–H groups in total. The van der Waals surface area contributed by atoms with E-state index in [0.29, 0.717) is 30.6 Å². The zero-order valence-electron chi connectivity index (χ0n) is 15.1. The van der Waals surface area contributed by atoms with E-state index in [2.05, 4.69) is 20.4 Å². The number of amidine groups is 2. The molecule has 1 heterocycles. The number of azo groups is 1. The average molecular weight is 347 g/mol. The SMILES string of the molecule is CC\C=C/C(=N\N=C(/C)N=Nc1cccc[n+]1CCO)N(C)CCO. The molecule has 136 valence electrons. The van der Waals surface area contributed by atoms with Crippen LogP contribution in [0.1, 0.15) is 20.3 Å². The fourth-order valence-electron chi connectivity index (χ4n) is 1.85. The highest BCUT2D eigenvalue weighted by Gasteiger charge is 2.08. The largest absolute Gasteiger partial charge is 0.395 e. The lowest BCUT2D eigenvalue weighted by Crippen LogP contribution is -2.35. The third kappa shape index (κ3) is 7.77. The molecule has 8 nitrogen and oxygen atoms in total. The Labute approximate surface area is 148 Å². The summed E-state index contributed by atoms with van der Waals surface area (Å²) >= 11 is 0. The number of hydrogen-bond acceptors (Lipinski definition) is 5. The van der Waals surface area contributed by atoms with E-state index in [1.807, 2.05) is 49.4 Å². The highest BCUT2D eigenvalue weighted by molar-refractivity contribution is 5.93. The number of nitrogens with zero attached hydrogens (tertiary/aromatic N) is 6. The molecular formula is C17H27N6O2+. The van der Waals surface area contributed by atoms with Crippen molar-refractivity contribution in [2.75, 3.05) is 26.8 Å². The van der Waals surface area contributed by atoms with E-state index in [9.17, 15) is 0 Å². The Balaban J connectivity index is 2.92. The van der Waals surface area contributed by atoms with Crippen LogP contribution in [0, 0.1) is 0 Å². The number of rotatable bonds is 8. The number of pyridine rings is 1. The van der Waals surface area contributed by atoms with Gasteiger partial charge in [0, 0.05) is 26.6 Å². The molecule has 0 unspecified atom stereocenters. The quantitative estimate of drug-likeness (QED) is 0.246. The van der Waals surface area contributed by atoms with Gasteiger partial charge in [-0.05, 0) is 23.7 Å². The number of aliphatic hydroxyl groups excluding tert-OH is 2. The van der Waals surface area contributed by atoms with Crippen LogP contribution in [-0.4, -0.2) is 53.6 Å². The molecule has 0 radical (unpaired) electrons. The first-order valence-electron chi connectivity index (χ1n) is 8.24. The first kappa shape index (κ1) is 20.6. The van der Waals surface area contributed by atoms with Gasteiger partial charge in [0.2, 0.25) is 0 Å². The fraction of sp³-hybridized carbons (Fsp3) is 0.471. The van der Waals surface area contributed by atoms with Gasteiger partial charge in [-0.2, -0.15) is 0 Å². The number of aromatic nitrogens is 1. The highest BCUT2D eigenvalue weighted by Crippen LogP contribution is 2.05. The molecule has 1 aromatic heterocycles. The molecule has 0 fully saturated rings. The molecular weight excluding hydrogens is 320 g/mol. The molecule has 1 aromatic rings. The van der Waals surface area contributed by atoms with Crippen LogP contribution in [0.5, 0.6) is 0 Å². The predicted molar refractivity (Wildman–Crippen MR) is 97.9 cm³/mol. The van der Waals surface area contributed by atoms with Gasteiger partial charge in [0.25, 0.3) is 0 Å². The Morgan fingerprint density at radius 2 is 2.04 bits per heavy atom. The molecule has 25 heavy (non-hydrogen) atoms. The minimum Gasteiger partial charge on any atom is -0.395 e. The third-order valence-electron chi connectivity index (χ3n) is 3.18. The summed E-state index contributed by atoms with van der Waals surface area (Å²) < 4.78 is 1.80. The van der Waals surface area contributed by atoms with Crippen molar-refractivity contribution < 1.29 is 14.8 Å². The van der Waals surface area contributed by atoms with E-state index >= 15 is 0 Å². The maximum atomic E-state index is 9.07. The first-order chi connectivity index (χ1) is 12.1. The summed E-state index contributed by atoms with van der Waals surface area (Å²) in [5, 5.41) is 34.6. The summed E-state index contributed by atoms with van der Waals surface area (Å²) in [4.78, 5) is 1.81. The van der Waals surface area contributed by atoms with Crippen molar-refractivity contribution in [3.05, 3.63) is 36.5 Å². The molecule has 0 aromatic carbocycles. The zero-order valence-corrected chi connectivity index (χ0v) is 15.1. The summed E-state index contributed by atoms with van der Waals surface area (Å²) in [6, 6.07) is 5.52. The van der Waals surface area contributed by atoms with Gasteiger partial charge < -0.3 is 15.1 Å². The molecule has 0 spiro atoms. The van der Waals surface area contributed by atoms with Crippen molar-refractivity contribution in [2.45, 2.75) is 26.8 Å². The second kappa shape index (κ2) is 12.0. The molecule has 1 rings (SSSR count). The van der Waals surface area contributed by atoms with Crippen LogP contribution in [0.15, 0.2) is 57.0 Å². The maximum absolute atomic E-state index is 9.07. The highest BCUT2D eigenvalue weighted by atomic mass is 16.3. The Bertz CT molecular complexity index is 640. The summed E-state index contributed by atoms with van der Waals surface area (Å²) in [7, 11) is 1.84. The number of aliphatic hydroxyl groups is 2. The summed E-state index contributed by atoms with van der Waals surface area (Å²) in [6.45, 7) is 4.72. The molecule has 0 atom stereocenters. The van der Waals surface area contributed by atoms with Gasteiger partial charge in [0.1, 0.15) is 6.54 Å². The van der Waals surface area contributed by atoms with Gasteiger partial charge in [-0.15, -0.1) is 10.2 Å². The first-order valence-corrected chi connectivity index (χ1v) is 8.24. The normalized spacial score (nSPS) is 13.2. The van der Waals surface area contributed by atoms with Crippen molar-refractivity contribution in [1.82, 2.24) is 4.90 Å². The van der Waals surface area contributed by atoms with Crippen LogP contribution in [0.2, 0.25) is 0 Å². The van der Waals surface area contributed by atoms with Gasteiger partial charge in [-0.3, -0.25) is 0 Å². The van der Waals surface area contributed by atoms with E-state index in [4.69, 9.17) is 10.2 Å². The van der Waals surface area contributed by atoms with Gasteiger partial charge >= 0.3 is 5.82 Å². The molecule has 0 saturated heterocycles. The Kier molecular flexibility index (Phi) is 9.88. The molecule has 0 aliphatic carbocycles. The topological polar surface area (TPSA) is 97.0 Å². The zero-order chi connectivity index (χ0) is 18.5. The van der Waals surface area contributed by atoms with Crippen molar-refractivity contribution in [3.63, 3.8) is 0 Å². The maximum Gasteiger partial charge on any atom is 0.350 e. The Hall–Kier alpha value is -2.45. The third-order valence-corrected chi connectivity index (χ3v) is 3.18. The van der Waals surface area contributed by atoms with Crippen molar-refractivity contribution >= 4 is 17.5 Å². The minimum absolute atomic E-state index is 0.0267. The molecule has 0 bridgehead atoms. The van der Waals surface area contributed by atoms with E-state index in [0.717, 1.165) is 6.42 Å². The van der Waals surface area contributed by atoms with Crippen LogP contribution < -0.4 is 4.57 Å². The van der Waals surface area contributed by atoms with Gasteiger partial charge in [0.05, 0.1) is 24.5 Å². The molecule has 0 aliphatic heterocycles. The molecule has 8 heteroatoms. The number of likely N-dealkylation sites (N-methyl/N-ethyl adjacent to an activating group) is 1. The summed E-state index contributed by atoms with van der Waals surface area (Å²) in [5.41, 5.74) is 0. The molecule has 0 aliphatic rings. The van der Waals surface area contributed by atoms with E-state index in [-0.39, 0.29) is 13.2 Å². The molecule has 0 saturated carbocycles. The fourth-order valence-corrected chi connectivity index (χ4v) is 1.85. The lowest BCUT2D eigenvalue weighted by Gasteiger charge is -2.16. The van der Waals surface area contributed by atoms with Crippen LogP contribution in [-0.2, 0) is 6.54 Å². The standard InChI is InChI=1S/C17H27N6O2/c1-4-5-8-16(22(3)11-13-24)20-18-15(2)19-21-17-9-6-7-10-23(17)12-14-25/h5-10,24-25H,4,11-14H2,1-3H3/q+1/b8-5-. The molecule has 0 amide bonds. The predicted octanol–water partition coefficient (Wildman–Crippen LogP) is 1.67. The van der Waals surface area contributed by atoms with Crippen LogP contribution >= 0.6 is 0 Å². The Morgan fingerprint density at radius 3 is 2.72 bits per heavy atom. The smallest absolute Gasteiger partial charge is 0.350 e. The monoisotopic (exact) mass is 347 g/mol.